The third-order valence-corrected chi connectivity index (χ3v) is 1.31. The molecule has 66 valence electrons. The van der Waals surface area contributed by atoms with Gasteiger partial charge in [0.2, 0.25) is 5.88 Å². The van der Waals surface area contributed by atoms with Crippen molar-refractivity contribution in [2.24, 2.45) is 0 Å². The van der Waals surface area contributed by atoms with Crippen molar-refractivity contribution in [3.8, 4) is 5.88 Å². The van der Waals surface area contributed by atoms with Gasteiger partial charge in [-0.25, -0.2) is 8.78 Å². The molecule has 1 aromatic heterocycles. The smallest absolute Gasteiger partial charge is 0.270 e. The molecule has 0 aliphatic rings. The molecule has 0 fully saturated rings. The molecule has 0 radical (unpaired) electrons. The van der Waals surface area contributed by atoms with E-state index in [4.69, 9.17) is 10.8 Å². The van der Waals surface area contributed by atoms with E-state index in [-0.39, 0.29) is 0 Å². The Morgan fingerprint density at radius 3 is 2.58 bits per heavy atom. The van der Waals surface area contributed by atoms with Gasteiger partial charge in [-0.1, -0.05) is 0 Å². The van der Waals surface area contributed by atoms with Crippen LogP contribution in [0.5, 0.6) is 5.88 Å². The van der Waals surface area contributed by atoms with Gasteiger partial charge in [0.05, 0.1) is 5.69 Å². The van der Waals surface area contributed by atoms with Crippen molar-refractivity contribution < 1.29 is 13.9 Å². The van der Waals surface area contributed by atoms with Crippen LogP contribution in [0.25, 0.3) is 0 Å². The first-order chi connectivity index (χ1) is 5.52. The van der Waals surface area contributed by atoms with Gasteiger partial charge in [-0.05, 0) is 0 Å². The fraction of sp³-hybridized carbons (Fsp3) is 0.167. The summed E-state index contributed by atoms with van der Waals surface area (Å²) in [5, 5.41) is 8.83. The van der Waals surface area contributed by atoms with Gasteiger partial charge < -0.3 is 10.8 Å². The van der Waals surface area contributed by atoms with Gasteiger partial charge in [0, 0.05) is 6.07 Å². The number of aromatic hydroxyl groups is 1. The molecule has 0 spiro atoms. The zero-order valence-electron chi connectivity index (χ0n) is 5.84. The standard InChI is InChI=1S/C6H6F2N2O2/c7-5(8)4-2(9)1-3(11)10-6(4)12/h1,5H,(H4,9,10,11,12). The summed E-state index contributed by atoms with van der Waals surface area (Å²) in [5.74, 6) is -0.880. The number of nitrogens with one attached hydrogen (secondary N) is 1. The molecule has 4 N–H and O–H groups in total. The third-order valence-electron chi connectivity index (χ3n) is 1.31. The van der Waals surface area contributed by atoms with Crippen LogP contribution in [0, 0.1) is 0 Å². The number of hydrogen-bond donors (Lipinski definition) is 3. The van der Waals surface area contributed by atoms with E-state index < -0.39 is 29.1 Å². The van der Waals surface area contributed by atoms with E-state index in [9.17, 15) is 13.6 Å². The van der Waals surface area contributed by atoms with E-state index in [0.29, 0.717) is 0 Å². The summed E-state index contributed by atoms with van der Waals surface area (Å²) in [4.78, 5) is 12.3. The lowest BCUT2D eigenvalue weighted by Gasteiger charge is -2.04. The highest BCUT2D eigenvalue weighted by atomic mass is 19.3. The molecule has 0 atom stereocenters. The molecule has 1 heterocycles. The highest BCUT2D eigenvalue weighted by Gasteiger charge is 2.17. The van der Waals surface area contributed by atoms with Crippen LogP contribution < -0.4 is 11.3 Å². The Morgan fingerprint density at radius 1 is 1.58 bits per heavy atom. The summed E-state index contributed by atoms with van der Waals surface area (Å²) in [7, 11) is 0. The van der Waals surface area contributed by atoms with Gasteiger partial charge >= 0.3 is 0 Å². The predicted octanol–water partition coefficient (Wildman–Crippen LogP) is 0.600. The van der Waals surface area contributed by atoms with E-state index in [1.165, 1.54) is 0 Å². The van der Waals surface area contributed by atoms with E-state index in [1.54, 1.807) is 4.98 Å². The molecular formula is C6H6F2N2O2. The number of nitrogen functional groups attached to an aromatic ring is 1. The van der Waals surface area contributed by atoms with Crippen molar-refractivity contribution in [3.05, 3.63) is 22.0 Å². The first-order valence-electron chi connectivity index (χ1n) is 3.02. The summed E-state index contributed by atoms with van der Waals surface area (Å²) in [6.07, 6.45) is -2.90. The molecule has 0 saturated carbocycles. The van der Waals surface area contributed by atoms with Crippen LogP contribution in [0.2, 0.25) is 0 Å². The Bertz CT molecular complexity index is 322. The maximum Gasteiger partial charge on any atom is 0.270 e. The number of aromatic nitrogens is 1. The first-order valence-corrected chi connectivity index (χ1v) is 3.02. The van der Waals surface area contributed by atoms with Crippen molar-refractivity contribution >= 4 is 5.69 Å². The minimum atomic E-state index is -2.90. The Balaban J connectivity index is 3.38. The number of halogens is 2. The lowest BCUT2D eigenvalue weighted by Crippen LogP contribution is -2.09. The number of hydrogen-bond acceptors (Lipinski definition) is 3. The van der Waals surface area contributed by atoms with Crippen LogP contribution in [0.4, 0.5) is 14.5 Å². The molecule has 0 aromatic carbocycles. The fourth-order valence-corrected chi connectivity index (χ4v) is 0.805. The normalized spacial score (nSPS) is 10.6. The molecule has 4 nitrogen and oxygen atoms in total. The number of rotatable bonds is 1. The molecule has 0 amide bonds. The Labute approximate surface area is 65.6 Å². The van der Waals surface area contributed by atoms with Crippen LogP contribution in [0.3, 0.4) is 0 Å². The van der Waals surface area contributed by atoms with Crippen LogP contribution >= 0.6 is 0 Å². The van der Waals surface area contributed by atoms with Crippen molar-refractivity contribution in [2.45, 2.75) is 6.43 Å². The highest BCUT2D eigenvalue weighted by Crippen LogP contribution is 2.29. The molecule has 0 saturated heterocycles. The fourth-order valence-electron chi connectivity index (χ4n) is 0.805. The summed E-state index contributed by atoms with van der Waals surface area (Å²) >= 11 is 0. The average Bonchev–Trinajstić information content (AvgIpc) is 1.82. The molecule has 1 aromatic rings. The zero-order chi connectivity index (χ0) is 9.30. The molecule has 0 unspecified atom stereocenters. The van der Waals surface area contributed by atoms with Gasteiger partial charge in [-0.15, -0.1) is 0 Å². The number of alkyl halides is 2. The van der Waals surface area contributed by atoms with Gasteiger partial charge in [0.1, 0.15) is 5.56 Å². The number of anilines is 1. The summed E-state index contributed by atoms with van der Waals surface area (Å²) in [5.41, 5.74) is 3.20. The Hall–Kier alpha value is -1.59. The van der Waals surface area contributed by atoms with Crippen LogP contribution in [-0.4, -0.2) is 10.1 Å². The molecule has 12 heavy (non-hydrogen) atoms. The zero-order valence-corrected chi connectivity index (χ0v) is 5.84. The number of aromatic amines is 1. The van der Waals surface area contributed by atoms with Gasteiger partial charge in [-0.3, -0.25) is 9.78 Å². The van der Waals surface area contributed by atoms with Gasteiger partial charge in [0.15, 0.2) is 0 Å². The predicted molar refractivity (Wildman–Crippen MR) is 38.1 cm³/mol. The van der Waals surface area contributed by atoms with Crippen LogP contribution in [0.1, 0.15) is 12.0 Å². The van der Waals surface area contributed by atoms with E-state index in [0.717, 1.165) is 6.07 Å². The molecule has 0 aliphatic carbocycles. The quantitative estimate of drug-likeness (QED) is 0.586. The monoisotopic (exact) mass is 176 g/mol. The lowest BCUT2D eigenvalue weighted by atomic mass is 10.2. The largest absolute Gasteiger partial charge is 0.494 e. The van der Waals surface area contributed by atoms with E-state index in [1.807, 2.05) is 0 Å². The third kappa shape index (κ3) is 1.36. The number of nitrogens with two attached hydrogens (primary N) is 1. The highest BCUT2D eigenvalue weighted by molar-refractivity contribution is 5.50. The molecule has 0 bridgehead atoms. The maximum atomic E-state index is 12.1. The second-order valence-corrected chi connectivity index (χ2v) is 2.15. The van der Waals surface area contributed by atoms with Crippen molar-refractivity contribution in [3.63, 3.8) is 0 Å². The van der Waals surface area contributed by atoms with E-state index >= 15 is 0 Å². The lowest BCUT2D eigenvalue weighted by molar-refractivity contribution is 0.147. The maximum absolute atomic E-state index is 12.1. The first kappa shape index (κ1) is 8.51. The minimum absolute atomic E-state index is 0.411. The molecule has 6 heteroatoms. The Morgan fingerprint density at radius 2 is 2.17 bits per heavy atom. The van der Waals surface area contributed by atoms with E-state index in [2.05, 4.69) is 0 Å². The van der Waals surface area contributed by atoms with Gasteiger partial charge in [0.25, 0.3) is 12.0 Å². The second-order valence-electron chi connectivity index (χ2n) is 2.15. The number of H-pyrrole nitrogens is 1. The Kier molecular flexibility index (Phi) is 1.99. The molecular weight excluding hydrogens is 170 g/mol. The molecule has 0 aliphatic heterocycles. The van der Waals surface area contributed by atoms with Crippen LogP contribution in [-0.2, 0) is 0 Å². The topological polar surface area (TPSA) is 79.1 Å². The summed E-state index contributed by atoms with van der Waals surface area (Å²) in [6.45, 7) is 0. The van der Waals surface area contributed by atoms with Crippen LogP contribution in [0.15, 0.2) is 10.9 Å². The second kappa shape index (κ2) is 2.80. The summed E-state index contributed by atoms with van der Waals surface area (Å²) in [6, 6.07) is 0.793. The van der Waals surface area contributed by atoms with Crippen molar-refractivity contribution in [1.29, 1.82) is 0 Å². The SMILES string of the molecule is Nc1cc(=O)[nH]c(O)c1C(F)F. The summed E-state index contributed by atoms with van der Waals surface area (Å²) < 4.78 is 24.1. The van der Waals surface area contributed by atoms with Crippen molar-refractivity contribution in [1.82, 2.24) is 4.98 Å². The van der Waals surface area contributed by atoms with Crippen molar-refractivity contribution in [2.75, 3.05) is 5.73 Å². The number of pyridine rings is 1. The average molecular weight is 176 g/mol. The minimum Gasteiger partial charge on any atom is -0.494 e. The molecule has 1 rings (SSSR count). The van der Waals surface area contributed by atoms with Gasteiger partial charge in [-0.2, -0.15) is 0 Å².